The van der Waals surface area contributed by atoms with Gasteiger partial charge in [0, 0.05) is 18.3 Å². The minimum Gasteiger partial charge on any atom is -0.427 e. The zero-order valence-corrected chi connectivity index (χ0v) is 15.6. The molecule has 0 bridgehead atoms. The second kappa shape index (κ2) is 6.68. The first kappa shape index (κ1) is 17.5. The number of esters is 1. The first-order valence-electron chi connectivity index (χ1n) is 10.0. The standard InChI is InChI=1S/C23H28O3/c1-3-4-5-22(25)26-16-7-9-17-15(14-16)6-8-19-18(17)12-13-23(2)20(19)10-11-21(23)24/h3,7,9,14,18-20H,1,4-6,8,10-13H2,2H3. The van der Waals surface area contributed by atoms with Crippen molar-refractivity contribution in [2.45, 2.75) is 64.2 Å². The third-order valence-corrected chi connectivity index (χ3v) is 7.19. The van der Waals surface area contributed by atoms with Crippen LogP contribution in [0.5, 0.6) is 5.75 Å². The van der Waals surface area contributed by atoms with Crippen LogP contribution < -0.4 is 4.74 Å². The summed E-state index contributed by atoms with van der Waals surface area (Å²) in [5.74, 6) is 2.71. The van der Waals surface area contributed by atoms with E-state index in [0.717, 1.165) is 38.5 Å². The normalized spacial score (nSPS) is 32.3. The van der Waals surface area contributed by atoms with Crippen molar-refractivity contribution in [2.24, 2.45) is 17.3 Å². The van der Waals surface area contributed by atoms with Crippen molar-refractivity contribution in [1.82, 2.24) is 0 Å². The van der Waals surface area contributed by atoms with Crippen LogP contribution in [-0.4, -0.2) is 11.8 Å². The van der Waals surface area contributed by atoms with Crippen LogP contribution in [0.1, 0.15) is 68.9 Å². The van der Waals surface area contributed by atoms with Crippen molar-refractivity contribution in [3.05, 3.63) is 42.0 Å². The number of hydrogen-bond donors (Lipinski definition) is 0. The predicted molar refractivity (Wildman–Crippen MR) is 101 cm³/mol. The number of allylic oxidation sites excluding steroid dienone is 1. The van der Waals surface area contributed by atoms with Crippen molar-refractivity contribution in [3.8, 4) is 5.75 Å². The Balaban J connectivity index is 1.53. The zero-order chi connectivity index (χ0) is 18.3. The van der Waals surface area contributed by atoms with Crippen molar-refractivity contribution in [1.29, 1.82) is 0 Å². The number of carbonyl (C=O) groups excluding carboxylic acids is 2. The van der Waals surface area contributed by atoms with Crippen molar-refractivity contribution in [2.75, 3.05) is 0 Å². The summed E-state index contributed by atoms with van der Waals surface area (Å²) in [5.41, 5.74) is 2.68. The number of aryl methyl sites for hydroxylation is 1. The average molecular weight is 352 g/mol. The lowest BCUT2D eigenvalue weighted by atomic mass is 9.55. The van der Waals surface area contributed by atoms with E-state index in [0.29, 0.717) is 42.1 Å². The molecular formula is C23H28O3. The van der Waals surface area contributed by atoms with Gasteiger partial charge in [-0.25, -0.2) is 0 Å². The number of rotatable bonds is 4. The molecule has 0 spiro atoms. The number of ketones is 1. The smallest absolute Gasteiger partial charge is 0.311 e. The molecule has 26 heavy (non-hydrogen) atoms. The maximum atomic E-state index is 12.4. The molecule has 0 N–H and O–H groups in total. The number of ether oxygens (including phenoxy) is 1. The molecule has 3 aliphatic rings. The van der Waals surface area contributed by atoms with E-state index in [2.05, 4.69) is 25.6 Å². The van der Waals surface area contributed by atoms with Crippen LogP contribution >= 0.6 is 0 Å². The summed E-state index contributed by atoms with van der Waals surface area (Å²) in [7, 11) is 0. The van der Waals surface area contributed by atoms with Crippen molar-refractivity contribution < 1.29 is 14.3 Å². The number of Topliss-reactive ketones (excluding diaryl/α,β-unsaturated/α-hetero) is 1. The van der Waals surface area contributed by atoms with Gasteiger partial charge in [-0.3, -0.25) is 9.59 Å². The number of benzene rings is 1. The molecule has 0 saturated heterocycles. The highest BCUT2D eigenvalue weighted by Crippen LogP contribution is 2.59. The van der Waals surface area contributed by atoms with Crippen LogP contribution in [0.2, 0.25) is 0 Å². The summed E-state index contributed by atoms with van der Waals surface area (Å²) in [6.45, 7) is 5.85. The Kier molecular flexibility index (Phi) is 4.50. The molecule has 1 aromatic rings. The second-order valence-electron chi connectivity index (χ2n) is 8.50. The summed E-state index contributed by atoms with van der Waals surface area (Å²) < 4.78 is 5.49. The van der Waals surface area contributed by atoms with E-state index in [1.54, 1.807) is 6.08 Å². The Morgan fingerprint density at radius 1 is 1.31 bits per heavy atom. The molecule has 138 valence electrons. The van der Waals surface area contributed by atoms with Crippen LogP contribution in [-0.2, 0) is 16.0 Å². The highest BCUT2D eigenvalue weighted by molar-refractivity contribution is 5.87. The van der Waals surface area contributed by atoms with Gasteiger partial charge in [-0.1, -0.05) is 19.1 Å². The van der Waals surface area contributed by atoms with Crippen molar-refractivity contribution >= 4 is 11.8 Å². The number of fused-ring (bicyclic) bond motifs is 5. The molecule has 0 radical (unpaired) electrons. The van der Waals surface area contributed by atoms with E-state index < -0.39 is 0 Å². The summed E-state index contributed by atoms with van der Waals surface area (Å²) in [5, 5.41) is 0. The number of hydrogen-bond acceptors (Lipinski definition) is 3. The molecule has 0 heterocycles. The van der Waals surface area contributed by atoms with Gasteiger partial charge >= 0.3 is 5.97 Å². The largest absolute Gasteiger partial charge is 0.427 e. The van der Waals surface area contributed by atoms with Crippen molar-refractivity contribution in [3.63, 3.8) is 0 Å². The Morgan fingerprint density at radius 2 is 2.15 bits per heavy atom. The van der Waals surface area contributed by atoms with Gasteiger partial charge in [-0.05, 0) is 79.5 Å². The lowest BCUT2D eigenvalue weighted by molar-refractivity contribution is -0.134. The van der Waals surface area contributed by atoms with Gasteiger partial charge < -0.3 is 4.74 Å². The molecule has 1 aromatic carbocycles. The molecule has 2 fully saturated rings. The van der Waals surface area contributed by atoms with Crippen LogP contribution in [0.3, 0.4) is 0 Å². The molecule has 3 nitrogen and oxygen atoms in total. The first-order valence-corrected chi connectivity index (χ1v) is 10.0. The quantitative estimate of drug-likeness (QED) is 0.436. The fourth-order valence-electron chi connectivity index (χ4n) is 5.80. The fraction of sp³-hybridized carbons (Fsp3) is 0.565. The maximum absolute atomic E-state index is 12.4. The highest BCUT2D eigenvalue weighted by atomic mass is 16.5. The van der Waals surface area contributed by atoms with Crippen LogP contribution in [0.4, 0.5) is 0 Å². The monoisotopic (exact) mass is 352 g/mol. The SMILES string of the molecule is C=CCCC(=O)Oc1ccc2c(c1)CCC1C2CCC2(C)C(=O)CCC12. The van der Waals surface area contributed by atoms with Crippen LogP contribution in [0, 0.1) is 17.3 Å². The van der Waals surface area contributed by atoms with E-state index in [4.69, 9.17) is 4.74 Å². The molecule has 0 aromatic heterocycles. The van der Waals surface area contributed by atoms with Gasteiger partial charge in [-0.15, -0.1) is 6.58 Å². The van der Waals surface area contributed by atoms with Gasteiger partial charge in [0.2, 0.25) is 0 Å². The van der Waals surface area contributed by atoms with Gasteiger partial charge in [0.1, 0.15) is 11.5 Å². The summed E-state index contributed by atoms with van der Waals surface area (Å²) >= 11 is 0. The molecule has 0 aliphatic heterocycles. The first-order chi connectivity index (χ1) is 12.5. The molecule has 4 rings (SSSR count). The second-order valence-corrected chi connectivity index (χ2v) is 8.50. The average Bonchev–Trinajstić information content (AvgIpc) is 2.94. The molecule has 4 atom stereocenters. The Morgan fingerprint density at radius 3 is 2.96 bits per heavy atom. The molecule has 3 heteroatoms. The summed E-state index contributed by atoms with van der Waals surface area (Å²) in [6, 6.07) is 6.17. The molecule has 3 aliphatic carbocycles. The highest BCUT2D eigenvalue weighted by Gasteiger charge is 2.54. The summed E-state index contributed by atoms with van der Waals surface area (Å²) in [4.78, 5) is 24.3. The van der Waals surface area contributed by atoms with E-state index in [1.165, 1.54) is 11.1 Å². The topological polar surface area (TPSA) is 43.4 Å². The zero-order valence-electron chi connectivity index (χ0n) is 15.6. The van der Waals surface area contributed by atoms with Gasteiger partial charge in [0.25, 0.3) is 0 Å². The third kappa shape index (κ3) is 2.82. The van der Waals surface area contributed by atoms with Gasteiger partial charge in [0.15, 0.2) is 0 Å². The third-order valence-electron chi connectivity index (χ3n) is 7.19. The molecule has 0 amide bonds. The lowest BCUT2D eigenvalue weighted by Gasteiger charge is -2.48. The Labute approximate surface area is 155 Å². The minimum atomic E-state index is -0.198. The molecule has 2 saturated carbocycles. The van der Waals surface area contributed by atoms with E-state index in [-0.39, 0.29) is 11.4 Å². The van der Waals surface area contributed by atoms with Gasteiger partial charge in [-0.2, -0.15) is 0 Å². The lowest BCUT2D eigenvalue weighted by Crippen LogP contribution is -2.42. The Hall–Kier alpha value is -1.90. The van der Waals surface area contributed by atoms with E-state index >= 15 is 0 Å². The van der Waals surface area contributed by atoms with E-state index in [9.17, 15) is 9.59 Å². The van der Waals surface area contributed by atoms with E-state index in [1.807, 2.05) is 6.07 Å². The Bertz CT molecular complexity index is 750. The molecular weight excluding hydrogens is 324 g/mol. The predicted octanol–water partition coefficient (Wildman–Crippen LogP) is 4.98. The minimum absolute atomic E-state index is 0.0701. The van der Waals surface area contributed by atoms with Crippen LogP contribution in [0.15, 0.2) is 30.9 Å². The van der Waals surface area contributed by atoms with Gasteiger partial charge in [0.05, 0.1) is 0 Å². The fourth-order valence-corrected chi connectivity index (χ4v) is 5.80. The van der Waals surface area contributed by atoms with Crippen LogP contribution in [0.25, 0.3) is 0 Å². The summed E-state index contributed by atoms with van der Waals surface area (Å²) in [6.07, 6.45) is 8.91. The molecule has 4 unspecified atom stereocenters. The maximum Gasteiger partial charge on any atom is 0.311 e. The number of carbonyl (C=O) groups is 2.